The van der Waals surface area contributed by atoms with Crippen molar-refractivity contribution in [1.29, 1.82) is 0 Å². The number of rotatable bonds is 2. The van der Waals surface area contributed by atoms with E-state index in [0.29, 0.717) is 5.02 Å². The Labute approximate surface area is 113 Å². The first-order valence-electron chi connectivity index (χ1n) is 5.55. The highest BCUT2D eigenvalue weighted by Crippen LogP contribution is 2.23. The van der Waals surface area contributed by atoms with Crippen LogP contribution in [0.3, 0.4) is 0 Å². The maximum atomic E-state index is 11.1. The molecular formula is C13H9ClN4O. The monoisotopic (exact) mass is 272 g/mol. The second-order valence-electron chi connectivity index (χ2n) is 4.00. The van der Waals surface area contributed by atoms with Crippen LogP contribution in [0, 0.1) is 0 Å². The standard InChI is InChI=1S/C13H9ClN4O/c14-8-1-2-9-11(7-8)16-5-3-12(9)18-6-4-10(17-18)13(15)19/h1-7H,(H2,15,19). The highest BCUT2D eigenvalue weighted by molar-refractivity contribution is 6.31. The van der Waals surface area contributed by atoms with Crippen LogP contribution < -0.4 is 5.73 Å². The molecule has 6 heteroatoms. The predicted molar refractivity (Wildman–Crippen MR) is 72.4 cm³/mol. The number of pyridine rings is 1. The lowest BCUT2D eigenvalue weighted by atomic mass is 10.2. The van der Waals surface area contributed by atoms with Crippen LogP contribution in [0.5, 0.6) is 0 Å². The molecule has 0 aliphatic heterocycles. The first-order chi connectivity index (χ1) is 9.15. The van der Waals surface area contributed by atoms with Gasteiger partial charge in [0, 0.05) is 22.8 Å². The van der Waals surface area contributed by atoms with Crippen molar-refractivity contribution in [2.24, 2.45) is 5.73 Å². The fraction of sp³-hybridized carbons (Fsp3) is 0. The van der Waals surface area contributed by atoms with Gasteiger partial charge in [-0.25, -0.2) is 4.68 Å². The SMILES string of the molecule is NC(=O)c1ccn(-c2ccnc3cc(Cl)ccc23)n1. The van der Waals surface area contributed by atoms with Gasteiger partial charge >= 0.3 is 0 Å². The van der Waals surface area contributed by atoms with Crippen molar-refractivity contribution >= 4 is 28.4 Å². The number of carbonyl (C=O) groups is 1. The number of amides is 1. The molecule has 2 N–H and O–H groups in total. The lowest BCUT2D eigenvalue weighted by Gasteiger charge is -2.06. The van der Waals surface area contributed by atoms with Crippen LogP contribution in [0.15, 0.2) is 42.7 Å². The van der Waals surface area contributed by atoms with E-state index in [2.05, 4.69) is 10.1 Å². The third-order valence-electron chi connectivity index (χ3n) is 2.77. The van der Waals surface area contributed by atoms with Gasteiger partial charge in [0.1, 0.15) is 5.69 Å². The van der Waals surface area contributed by atoms with Crippen molar-refractivity contribution in [3.63, 3.8) is 0 Å². The minimum absolute atomic E-state index is 0.221. The van der Waals surface area contributed by atoms with Crippen molar-refractivity contribution in [3.05, 3.63) is 53.4 Å². The Morgan fingerprint density at radius 3 is 2.84 bits per heavy atom. The number of nitrogens with two attached hydrogens (primary N) is 1. The molecule has 0 saturated carbocycles. The summed E-state index contributed by atoms with van der Waals surface area (Å²) in [5, 5.41) is 5.65. The van der Waals surface area contributed by atoms with Gasteiger partial charge in [-0.2, -0.15) is 5.10 Å². The molecular weight excluding hydrogens is 264 g/mol. The van der Waals surface area contributed by atoms with Crippen molar-refractivity contribution < 1.29 is 4.79 Å². The van der Waals surface area contributed by atoms with Crippen LogP contribution in [0.4, 0.5) is 0 Å². The number of benzene rings is 1. The van der Waals surface area contributed by atoms with Crippen LogP contribution >= 0.6 is 11.6 Å². The summed E-state index contributed by atoms with van der Waals surface area (Å²) >= 11 is 5.94. The Balaban J connectivity index is 2.21. The van der Waals surface area contributed by atoms with Gasteiger partial charge in [0.15, 0.2) is 0 Å². The zero-order valence-electron chi connectivity index (χ0n) is 9.75. The zero-order chi connectivity index (χ0) is 13.4. The van der Waals surface area contributed by atoms with Gasteiger partial charge < -0.3 is 5.73 Å². The van der Waals surface area contributed by atoms with Crippen LogP contribution in [0.2, 0.25) is 5.02 Å². The van der Waals surface area contributed by atoms with Crippen LogP contribution in [0.25, 0.3) is 16.6 Å². The molecule has 1 aromatic carbocycles. The van der Waals surface area contributed by atoms with E-state index in [1.807, 2.05) is 12.1 Å². The fourth-order valence-corrected chi connectivity index (χ4v) is 2.06. The maximum Gasteiger partial charge on any atom is 0.269 e. The molecule has 2 aromatic heterocycles. The smallest absolute Gasteiger partial charge is 0.269 e. The molecule has 0 atom stereocenters. The summed E-state index contributed by atoms with van der Waals surface area (Å²) in [6.07, 6.45) is 3.35. The Kier molecular flexibility index (Phi) is 2.68. The van der Waals surface area contributed by atoms with Crippen molar-refractivity contribution in [1.82, 2.24) is 14.8 Å². The van der Waals surface area contributed by atoms with Gasteiger partial charge in [0.25, 0.3) is 5.91 Å². The van der Waals surface area contributed by atoms with Gasteiger partial charge in [-0.05, 0) is 30.3 Å². The number of fused-ring (bicyclic) bond motifs is 1. The second-order valence-corrected chi connectivity index (χ2v) is 4.44. The molecule has 0 unspecified atom stereocenters. The van der Waals surface area contributed by atoms with Crippen molar-refractivity contribution in [2.45, 2.75) is 0 Å². The number of halogens is 1. The quantitative estimate of drug-likeness (QED) is 0.777. The Hall–Kier alpha value is -2.40. The summed E-state index contributed by atoms with van der Waals surface area (Å²) in [4.78, 5) is 15.3. The average Bonchev–Trinajstić information content (AvgIpc) is 2.87. The number of nitrogens with zero attached hydrogens (tertiary/aromatic N) is 3. The number of hydrogen-bond donors (Lipinski definition) is 1. The zero-order valence-corrected chi connectivity index (χ0v) is 10.5. The molecule has 2 heterocycles. The molecule has 3 aromatic rings. The molecule has 0 radical (unpaired) electrons. The lowest BCUT2D eigenvalue weighted by Crippen LogP contribution is -2.12. The van der Waals surface area contributed by atoms with Crippen molar-refractivity contribution in [3.8, 4) is 5.69 Å². The largest absolute Gasteiger partial charge is 0.364 e. The Morgan fingerprint density at radius 2 is 2.11 bits per heavy atom. The fourth-order valence-electron chi connectivity index (χ4n) is 1.90. The maximum absolute atomic E-state index is 11.1. The predicted octanol–water partition coefficient (Wildman–Crippen LogP) is 2.17. The number of carbonyl (C=O) groups excluding carboxylic acids is 1. The summed E-state index contributed by atoms with van der Waals surface area (Å²) in [7, 11) is 0. The molecule has 0 spiro atoms. The minimum atomic E-state index is -0.555. The van der Waals surface area contributed by atoms with E-state index in [-0.39, 0.29) is 5.69 Å². The Bertz CT molecular complexity index is 781. The topological polar surface area (TPSA) is 73.8 Å². The average molecular weight is 273 g/mol. The van der Waals surface area contributed by atoms with E-state index in [0.717, 1.165) is 16.6 Å². The minimum Gasteiger partial charge on any atom is -0.364 e. The molecule has 3 rings (SSSR count). The summed E-state index contributed by atoms with van der Waals surface area (Å²) in [6.45, 7) is 0. The molecule has 0 bridgehead atoms. The summed E-state index contributed by atoms with van der Waals surface area (Å²) in [5.41, 5.74) is 6.99. The molecule has 19 heavy (non-hydrogen) atoms. The third kappa shape index (κ3) is 2.04. The summed E-state index contributed by atoms with van der Waals surface area (Å²) < 4.78 is 1.60. The van der Waals surface area contributed by atoms with E-state index >= 15 is 0 Å². The number of aromatic nitrogens is 3. The Morgan fingerprint density at radius 1 is 1.26 bits per heavy atom. The normalized spacial score (nSPS) is 10.8. The van der Waals surface area contributed by atoms with E-state index in [1.54, 1.807) is 35.3 Å². The third-order valence-corrected chi connectivity index (χ3v) is 3.01. The molecule has 0 aliphatic carbocycles. The first kappa shape index (κ1) is 11.7. The van der Waals surface area contributed by atoms with Crippen LogP contribution in [-0.4, -0.2) is 20.7 Å². The van der Waals surface area contributed by atoms with Gasteiger partial charge in [0.05, 0.1) is 11.2 Å². The molecule has 0 saturated heterocycles. The van der Waals surface area contributed by atoms with Crippen LogP contribution in [-0.2, 0) is 0 Å². The van der Waals surface area contributed by atoms with Crippen LogP contribution in [0.1, 0.15) is 10.5 Å². The molecule has 1 amide bonds. The second kappa shape index (κ2) is 4.37. The van der Waals surface area contributed by atoms with E-state index in [4.69, 9.17) is 17.3 Å². The first-order valence-corrected chi connectivity index (χ1v) is 5.93. The van der Waals surface area contributed by atoms with Gasteiger partial charge in [0.2, 0.25) is 0 Å². The molecule has 0 fully saturated rings. The van der Waals surface area contributed by atoms with Crippen molar-refractivity contribution in [2.75, 3.05) is 0 Å². The highest BCUT2D eigenvalue weighted by atomic mass is 35.5. The van der Waals surface area contributed by atoms with Gasteiger partial charge in [-0.3, -0.25) is 9.78 Å². The summed E-state index contributed by atoms with van der Waals surface area (Å²) in [6, 6.07) is 8.82. The molecule has 94 valence electrons. The van der Waals surface area contributed by atoms with E-state index in [1.165, 1.54) is 0 Å². The van der Waals surface area contributed by atoms with Gasteiger partial charge in [-0.15, -0.1) is 0 Å². The number of hydrogen-bond acceptors (Lipinski definition) is 3. The number of primary amides is 1. The van der Waals surface area contributed by atoms with E-state index < -0.39 is 5.91 Å². The molecule has 0 aliphatic rings. The van der Waals surface area contributed by atoms with Gasteiger partial charge in [-0.1, -0.05) is 11.6 Å². The molecule has 5 nitrogen and oxygen atoms in total. The summed E-state index contributed by atoms with van der Waals surface area (Å²) in [5.74, 6) is -0.555. The van der Waals surface area contributed by atoms with E-state index in [9.17, 15) is 4.79 Å². The lowest BCUT2D eigenvalue weighted by molar-refractivity contribution is 0.0995. The highest BCUT2D eigenvalue weighted by Gasteiger charge is 2.09.